The van der Waals surface area contributed by atoms with E-state index in [9.17, 15) is 13.2 Å². The van der Waals surface area contributed by atoms with Crippen LogP contribution in [-0.2, 0) is 16.4 Å². The van der Waals surface area contributed by atoms with Gasteiger partial charge < -0.3 is 15.0 Å². The normalized spacial score (nSPS) is 16.8. The van der Waals surface area contributed by atoms with Gasteiger partial charge in [0.2, 0.25) is 0 Å². The number of methoxy groups -OCH3 is 1. The molecule has 0 unspecified atom stereocenters. The third-order valence-electron chi connectivity index (χ3n) is 4.55. The molecular formula is C19H23N2O4S+. The molecule has 0 aliphatic carbocycles. The largest absolute Gasteiger partial charge is 0.497 e. The van der Waals surface area contributed by atoms with Crippen molar-refractivity contribution in [1.82, 2.24) is 0 Å². The van der Waals surface area contributed by atoms with Gasteiger partial charge in [-0.3, -0.25) is 4.79 Å². The van der Waals surface area contributed by atoms with Crippen molar-refractivity contribution < 1.29 is 22.8 Å². The first-order valence-electron chi connectivity index (χ1n) is 8.53. The first-order chi connectivity index (χ1) is 12.4. The van der Waals surface area contributed by atoms with E-state index in [1.54, 1.807) is 31.4 Å². The summed E-state index contributed by atoms with van der Waals surface area (Å²) in [7, 11) is -1.25. The van der Waals surface area contributed by atoms with Crippen LogP contribution in [0.1, 0.15) is 15.9 Å². The van der Waals surface area contributed by atoms with Crippen LogP contribution in [0.25, 0.3) is 0 Å². The summed E-state index contributed by atoms with van der Waals surface area (Å²) in [5.41, 5.74) is 2.42. The molecule has 0 bridgehead atoms. The molecule has 1 aliphatic rings. The number of rotatable bonds is 5. The molecule has 1 fully saturated rings. The number of anilines is 1. The van der Waals surface area contributed by atoms with E-state index in [4.69, 9.17) is 4.74 Å². The van der Waals surface area contributed by atoms with Crippen LogP contribution in [0.2, 0.25) is 0 Å². The molecule has 2 aromatic rings. The van der Waals surface area contributed by atoms with Crippen LogP contribution in [0.4, 0.5) is 5.69 Å². The van der Waals surface area contributed by atoms with Gasteiger partial charge in [-0.1, -0.05) is 12.1 Å². The zero-order valence-corrected chi connectivity index (χ0v) is 15.5. The second-order valence-electron chi connectivity index (χ2n) is 6.46. The van der Waals surface area contributed by atoms with Gasteiger partial charge in [0.1, 0.15) is 12.3 Å². The lowest BCUT2D eigenvalue weighted by Crippen LogP contribution is -3.13. The highest BCUT2D eigenvalue weighted by atomic mass is 32.2. The Balaban J connectivity index is 1.56. The Morgan fingerprint density at radius 3 is 2.23 bits per heavy atom. The summed E-state index contributed by atoms with van der Waals surface area (Å²) in [4.78, 5) is 13.5. The molecule has 26 heavy (non-hydrogen) atoms. The summed E-state index contributed by atoms with van der Waals surface area (Å²) in [6.45, 7) is 2.10. The fourth-order valence-corrected chi connectivity index (χ4v) is 4.35. The van der Waals surface area contributed by atoms with Crippen LogP contribution >= 0.6 is 0 Å². The van der Waals surface area contributed by atoms with Crippen molar-refractivity contribution in [1.29, 1.82) is 0 Å². The van der Waals surface area contributed by atoms with Crippen molar-refractivity contribution >= 4 is 21.4 Å². The van der Waals surface area contributed by atoms with Crippen LogP contribution in [0.3, 0.4) is 0 Å². The molecule has 6 nitrogen and oxygen atoms in total. The lowest BCUT2D eigenvalue weighted by atomic mass is 10.1. The van der Waals surface area contributed by atoms with Crippen molar-refractivity contribution in [3.8, 4) is 5.75 Å². The van der Waals surface area contributed by atoms with Crippen molar-refractivity contribution in [2.75, 3.05) is 37.0 Å². The maximum Gasteiger partial charge on any atom is 0.255 e. The molecule has 1 aliphatic heterocycles. The fourth-order valence-electron chi connectivity index (χ4n) is 2.94. The van der Waals surface area contributed by atoms with E-state index in [1.165, 1.54) is 4.90 Å². The molecular weight excluding hydrogens is 352 g/mol. The predicted molar refractivity (Wildman–Crippen MR) is 100 cm³/mol. The highest BCUT2D eigenvalue weighted by Gasteiger charge is 2.24. The molecule has 3 rings (SSSR count). The molecule has 1 heterocycles. The summed E-state index contributed by atoms with van der Waals surface area (Å²) in [6, 6.07) is 14.6. The minimum atomic E-state index is -2.84. The molecule has 138 valence electrons. The molecule has 0 saturated carbocycles. The Kier molecular flexibility index (Phi) is 5.58. The Morgan fingerprint density at radius 2 is 1.65 bits per heavy atom. The van der Waals surface area contributed by atoms with E-state index in [1.807, 2.05) is 24.3 Å². The Morgan fingerprint density at radius 1 is 1.04 bits per heavy atom. The topological polar surface area (TPSA) is 76.9 Å². The van der Waals surface area contributed by atoms with Gasteiger partial charge in [0.25, 0.3) is 5.91 Å². The van der Waals surface area contributed by atoms with Gasteiger partial charge in [-0.15, -0.1) is 0 Å². The SMILES string of the molecule is COc1ccc(C(=O)Nc2ccc(C[NH+]3CCS(=O)(=O)CC3)cc2)cc1. The maximum atomic E-state index is 12.3. The van der Waals surface area contributed by atoms with Gasteiger partial charge in [0.05, 0.1) is 31.7 Å². The van der Waals surface area contributed by atoms with Gasteiger partial charge in [-0.05, 0) is 36.4 Å². The molecule has 7 heteroatoms. The monoisotopic (exact) mass is 375 g/mol. The number of sulfone groups is 1. The zero-order chi connectivity index (χ0) is 18.6. The molecule has 2 aromatic carbocycles. The van der Waals surface area contributed by atoms with E-state index in [2.05, 4.69) is 5.32 Å². The zero-order valence-electron chi connectivity index (χ0n) is 14.7. The average Bonchev–Trinajstić information content (AvgIpc) is 2.65. The van der Waals surface area contributed by atoms with Crippen molar-refractivity contribution in [3.05, 3.63) is 59.7 Å². The Labute approximate surface area is 153 Å². The first-order valence-corrected chi connectivity index (χ1v) is 10.4. The molecule has 0 spiro atoms. The third kappa shape index (κ3) is 4.83. The van der Waals surface area contributed by atoms with Gasteiger partial charge in [0, 0.05) is 16.8 Å². The van der Waals surface area contributed by atoms with Crippen molar-refractivity contribution in [3.63, 3.8) is 0 Å². The molecule has 0 aromatic heterocycles. The van der Waals surface area contributed by atoms with Crippen LogP contribution < -0.4 is 15.0 Å². The standard InChI is InChI=1S/C19H22N2O4S/c1-25-18-8-4-16(5-9-18)19(22)20-17-6-2-15(3-7-17)14-21-10-12-26(23,24)13-11-21/h2-9H,10-14H2,1H3,(H,20,22)/p+1. The van der Waals surface area contributed by atoms with Gasteiger partial charge in [-0.2, -0.15) is 0 Å². The number of hydrogen-bond acceptors (Lipinski definition) is 4. The molecule has 0 atom stereocenters. The van der Waals surface area contributed by atoms with E-state index >= 15 is 0 Å². The summed E-state index contributed by atoms with van der Waals surface area (Å²) < 4.78 is 28.1. The average molecular weight is 375 g/mol. The smallest absolute Gasteiger partial charge is 0.255 e. The quantitative estimate of drug-likeness (QED) is 0.809. The van der Waals surface area contributed by atoms with Gasteiger partial charge in [0.15, 0.2) is 9.84 Å². The minimum absolute atomic E-state index is 0.174. The second kappa shape index (κ2) is 7.88. The number of nitrogens with one attached hydrogen (secondary N) is 2. The number of hydrogen-bond donors (Lipinski definition) is 2. The Bertz CT molecular complexity index is 847. The number of quaternary nitrogens is 1. The minimum Gasteiger partial charge on any atom is -0.497 e. The number of carbonyl (C=O) groups is 1. The Hall–Kier alpha value is -2.38. The van der Waals surface area contributed by atoms with Gasteiger partial charge >= 0.3 is 0 Å². The predicted octanol–water partition coefficient (Wildman–Crippen LogP) is 0.761. The van der Waals surface area contributed by atoms with Crippen LogP contribution in [0, 0.1) is 0 Å². The first kappa shape index (κ1) is 18.4. The summed E-state index contributed by atoms with van der Waals surface area (Å²) >= 11 is 0. The van der Waals surface area contributed by atoms with E-state index in [0.717, 1.165) is 17.8 Å². The van der Waals surface area contributed by atoms with Crippen LogP contribution in [0.5, 0.6) is 5.75 Å². The molecule has 1 amide bonds. The summed E-state index contributed by atoms with van der Waals surface area (Å²) in [5, 5.41) is 2.87. The van der Waals surface area contributed by atoms with E-state index < -0.39 is 9.84 Å². The number of amides is 1. The summed E-state index contributed by atoms with van der Waals surface area (Å²) in [6.07, 6.45) is 0. The van der Waals surface area contributed by atoms with Crippen LogP contribution in [-0.4, -0.2) is 46.0 Å². The molecule has 1 saturated heterocycles. The van der Waals surface area contributed by atoms with E-state index in [0.29, 0.717) is 24.4 Å². The molecule has 2 N–H and O–H groups in total. The summed E-state index contributed by atoms with van der Waals surface area (Å²) in [5.74, 6) is 1.06. The number of benzene rings is 2. The molecule has 0 radical (unpaired) electrons. The fraction of sp³-hybridized carbons (Fsp3) is 0.316. The van der Waals surface area contributed by atoms with E-state index in [-0.39, 0.29) is 17.4 Å². The lowest BCUT2D eigenvalue weighted by Gasteiger charge is -2.23. The lowest BCUT2D eigenvalue weighted by molar-refractivity contribution is -0.910. The number of ether oxygens (including phenoxy) is 1. The number of carbonyl (C=O) groups excluding carboxylic acids is 1. The highest BCUT2D eigenvalue weighted by Crippen LogP contribution is 2.14. The highest BCUT2D eigenvalue weighted by molar-refractivity contribution is 7.91. The second-order valence-corrected chi connectivity index (χ2v) is 8.76. The van der Waals surface area contributed by atoms with Crippen LogP contribution in [0.15, 0.2) is 48.5 Å². The third-order valence-corrected chi connectivity index (χ3v) is 6.20. The van der Waals surface area contributed by atoms with Crippen molar-refractivity contribution in [2.24, 2.45) is 0 Å². The van der Waals surface area contributed by atoms with Crippen molar-refractivity contribution in [2.45, 2.75) is 6.54 Å². The maximum absolute atomic E-state index is 12.3. The van der Waals surface area contributed by atoms with Gasteiger partial charge in [-0.25, -0.2) is 8.42 Å².